The Kier molecular flexibility index (Phi) is 12.0. The number of aromatic nitrogens is 1. The van der Waals surface area contributed by atoms with Crippen molar-refractivity contribution in [3.05, 3.63) is 42.5 Å². The third kappa shape index (κ3) is 8.94. The minimum atomic E-state index is -3.97. The van der Waals surface area contributed by atoms with Gasteiger partial charge in [0.15, 0.2) is 5.78 Å². The number of Topliss-reactive ketones (excluding diaryl/α,β-unsaturated/α-hetero) is 1. The van der Waals surface area contributed by atoms with Crippen molar-refractivity contribution in [2.45, 2.75) is 134 Å². The molecule has 0 unspecified atom stereocenters. The number of pyridine rings is 1. The lowest BCUT2D eigenvalue weighted by Gasteiger charge is -2.55. The predicted octanol–water partition coefficient (Wildman–Crippen LogP) is 5.93. The number of carbonyl (C=O) groups excluding carboxylic acids is 4. The van der Waals surface area contributed by atoms with Crippen LogP contribution in [-0.4, -0.2) is 116 Å². The van der Waals surface area contributed by atoms with Crippen LogP contribution in [0.3, 0.4) is 0 Å². The van der Waals surface area contributed by atoms with Crippen LogP contribution in [0.4, 0.5) is 0 Å². The fourth-order valence-electron chi connectivity index (χ4n) is 10.7. The largest absolute Gasteiger partial charge is 0.492 e. The molecular formula is C49H66N4O10S. The van der Waals surface area contributed by atoms with Crippen molar-refractivity contribution in [2.75, 3.05) is 46.0 Å². The number of benzene rings is 1. The van der Waals surface area contributed by atoms with Crippen molar-refractivity contribution in [1.82, 2.24) is 19.5 Å². The van der Waals surface area contributed by atoms with Crippen LogP contribution in [0.25, 0.3) is 10.9 Å². The molecule has 14 nitrogen and oxygen atoms in total. The topological polar surface area (TPSA) is 171 Å². The average molecular weight is 903 g/mol. The molecule has 4 aliphatic heterocycles. The maximum Gasteiger partial charge on any atom is 0.306 e. The van der Waals surface area contributed by atoms with E-state index in [0.29, 0.717) is 48.6 Å². The summed E-state index contributed by atoms with van der Waals surface area (Å²) < 4.78 is 52.8. The Hall–Kier alpha value is -4.08. The molecule has 3 saturated carbocycles. The number of nitrogens with one attached hydrogen (secondary N) is 1. The van der Waals surface area contributed by atoms with Gasteiger partial charge in [0.25, 0.3) is 0 Å². The molecule has 7 aliphatic rings. The maximum atomic E-state index is 15.0. The maximum absolute atomic E-state index is 15.0. The highest BCUT2D eigenvalue weighted by Gasteiger charge is 2.63. The Bertz CT molecular complexity index is 2290. The molecule has 3 aliphatic carbocycles. The minimum absolute atomic E-state index is 0.0465. The first-order chi connectivity index (χ1) is 30.4. The fraction of sp³-hybridized carbons (Fsp3) is 0.694. The SMILES string of the molecule is C=C[C@@H]1C[C@]1(CC(=O)[C@@H]1C[C@@H]2CN1C(=O)[C@H](C(C)(C)C)CC(=O)O[C@@H]1C[C@H]1CCCCCc1c(nc3ccccc3c1OCCCN1CC3(COC3)C1)O2)C(=O)NS(=O)(=O)C1(C)CC1. The van der Waals surface area contributed by atoms with Gasteiger partial charge in [-0.25, -0.2) is 13.4 Å². The molecule has 1 aromatic heterocycles. The number of likely N-dealkylation sites (tertiary alicyclic amines) is 1. The Morgan fingerprint density at radius 2 is 1.83 bits per heavy atom. The second kappa shape index (κ2) is 17.0. The molecule has 2 amide bonds. The van der Waals surface area contributed by atoms with Gasteiger partial charge in [0.1, 0.15) is 18.0 Å². The summed E-state index contributed by atoms with van der Waals surface area (Å²) in [6, 6.07) is 6.88. The molecular weight excluding hydrogens is 837 g/mol. The van der Waals surface area contributed by atoms with Crippen LogP contribution in [-0.2, 0) is 45.1 Å². The van der Waals surface area contributed by atoms with E-state index in [1.165, 1.54) is 4.90 Å². The first-order valence-electron chi connectivity index (χ1n) is 23.7. The highest BCUT2D eigenvalue weighted by molar-refractivity contribution is 7.91. The minimum Gasteiger partial charge on any atom is -0.492 e. The molecule has 1 spiro atoms. The quantitative estimate of drug-likeness (QED) is 0.152. The number of ether oxygens (including phenoxy) is 4. The van der Waals surface area contributed by atoms with Crippen molar-refractivity contribution >= 4 is 44.5 Å². The van der Waals surface area contributed by atoms with Crippen molar-refractivity contribution < 1.29 is 46.5 Å². The van der Waals surface area contributed by atoms with Crippen LogP contribution in [0.15, 0.2) is 36.9 Å². The molecule has 5 heterocycles. The molecule has 6 fully saturated rings. The normalized spacial score (nSPS) is 31.2. The van der Waals surface area contributed by atoms with Crippen LogP contribution < -0.4 is 14.2 Å². The Morgan fingerprint density at radius 3 is 2.52 bits per heavy atom. The molecule has 3 saturated heterocycles. The van der Waals surface area contributed by atoms with Gasteiger partial charge in [0, 0.05) is 43.3 Å². The van der Waals surface area contributed by atoms with E-state index in [1.54, 1.807) is 13.0 Å². The van der Waals surface area contributed by atoms with Gasteiger partial charge in [-0.2, -0.15) is 0 Å². The highest BCUT2D eigenvalue weighted by atomic mass is 32.2. The lowest BCUT2D eigenvalue weighted by molar-refractivity contribution is -0.189. The molecule has 2 aromatic rings. The van der Waals surface area contributed by atoms with E-state index in [4.69, 9.17) is 23.9 Å². The van der Waals surface area contributed by atoms with E-state index in [2.05, 4.69) is 16.2 Å². The summed E-state index contributed by atoms with van der Waals surface area (Å²) in [6.07, 6.45) is 7.69. The molecule has 7 atom stereocenters. The van der Waals surface area contributed by atoms with Gasteiger partial charge in [-0.05, 0) is 87.7 Å². The number of amides is 2. The monoisotopic (exact) mass is 902 g/mol. The Morgan fingerprint density at radius 1 is 1.06 bits per heavy atom. The van der Waals surface area contributed by atoms with E-state index in [1.807, 2.05) is 45.0 Å². The number of fused-ring (bicyclic) bond motifs is 5. The number of hydrogen-bond donors (Lipinski definition) is 1. The highest BCUT2D eigenvalue weighted by Crippen LogP contribution is 2.57. The molecule has 1 aromatic carbocycles. The van der Waals surface area contributed by atoms with E-state index in [-0.39, 0.29) is 50.0 Å². The molecule has 64 heavy (non-hydrogen) atoms. The number of hydrogen-bond acceptors (Lipinski definition) is 12. The summed E-state index contributed by atoms with van der Waals surface area (Å²) in [5, 5.41) is 0.899. The molecule has 0 radical (unpaired) electrons. The average Bonchev–Trinajstić information content (AvgIpc) is 4.17. The lowest BCUT2D eigenvalue weighted by Crippen LogP contribution is -2.65. The van der Waals surface area contributed by atoms with Crippen LogP contribution in [0, 0.1) is 34.0 Å². The number of esters is 1. The predicted molar refractivity (Wildman–Crippen MR) is 239 cm³/mol. The Balaban J connectivity index is 1.02. The van der Waals surface area contributed by atoms with E-state index >= 15 is 0 Å². The number of nitrogens with zero attached hydrogens (tertiary/aromatic N) is 3. The molecule has 9 rings (SSSR count). The zero-order valence-corrected chi connectivity index (χ0v) is 38.8. The fourth-order valence-corrected chi connectivity index (χ4v) is 12.0. The van der Waals surface area contributed by atoms with Crippen LogP contribution >= 0.6 is 0 Å². The number of allylic oxidation sites excluding steroid dienone is 1. The van der Waals surface area contributed by atoms with Gasteiger partial charge < -0.3 is 28.7 Å². The first-order valence-corrected chi connectivity index (χ1v) is 25.1. The van der Waals surface area contributed by atoms with Gasteiger partial charge in [-0.15, -0.1) is 6.58 Å². The Labute approximate surface area is 377 Å². The van der Waals surface area contributed by atoms with Gasteiger partial charge in [-0.1, -0.05) is 51.8 Å². The third-order valence-corrected chi connectivity index (χ3v) is 17.6. The molecule has 1 N–H and O–H groups in total. The zero-order valence-electron chi connectivity index (χ0n) is 38.0. The van der Waals surface area contributed by atoms with Crippen LogP contribution in [0.1, 0.15) is 110 Å². The number of carbonyl (C=O) groups is 4. The summed E-state index contributed by atoms with van der Waals surface area (Å²) >= 11 is 0. The molecule has 348 valence electrons. The second-order valence-electron chi connectivity index (χ2n) is 21.6. The van der Waals surface area contributed by atoms with Crippen molar-refractivity contribution in [3.8, 4) is 11.6 Å². The van der Waals surface area contributed by atoms with Crippen LogP contribution in [0.2, 0.25) is 0 Å². The second-order valence-corrected chi connectivity index (χ2v) is 23.8. The standard InChI is InChI=1S/C49H66N4O10S/c1-6-32-24-49(32,45(57)51-64(58,59)47(5)17-18-47)25-39(54)38-22-33-26-53(38)44(56)36(46(2,3)4)23-41(55)63-40-21-31(40)13-8-7-9-15-35-42(34-14-10-11-16-37(34)50-43(35)62-33)61-20-12-19-52-27-48(28-52)29-60-30-48/h6,10-11,14,16,31-33,36,38,40H,1,7-9,12-13,15,17-30H2,2-5H3,(H,51,57)/t31-,32-,33-,36-,38+,40-,49-/m1/s1. The van der Waals surface area contributed by atoms with Crippen molar-refractivity contribution in [1.29, 1.82) is 0 Å². The number of rotatable bonds is 12. The number of ketones is 1. The smallest absolute Gasteiger partial charge is 0.306 e. The van der Waals surface area contributed by atoms with Crippen molar-refractivity contribution in [3.63, 3.8) is 0 Å². The summed E-state index contributed by atoms with van der Waals surface area (Å²) in [5.74, 6) is -1.65. The van der Waals surface area contributed by atoms with E-state index in [9.17, 15) is 27.6 Å². The lowest BCUT2D eigenvalue weighted by atomic mass is 9.77. The molecule has 2 bridgehead atoms. The summed E-state index contributed by atoms with van der Waals surface area (Å²) in [7, 11) is -3.97. The number of para-hydroxylation sites is 1. The first kappa shape index (κ1) is 45.1. The summed E-state index contributed by atoms with van der Waals surface area (Å²) in [4.78, 5) is 66.3. The van der Waals surface area contributed by atoms with Gasteiger partial charge >= 0.3 is 5.97 Å². The van der Waals surface area contributed by atoms with Gasteiger partial charge in [0.05, 0.1) is 66.0 Å². The molecule has 15 heteroatoms. The zero-order chi connectivity index (χ0) is 45.2. The summed E-state index contributed by atoms with van der Waals surface area (Å²) in [6.45, 7) is 16.5. The van der Waals surface area contributed by atoms with Crippen molar-refractivity contribution in [2.24, 2.45) is 34.0 Å². The summed E-state index contributed by atoms with van der Waals surface area (Å²) in [5.41, 5.74) is -0.0634. The van der Waals surface area contributed by atoms with E-state index in [0.717, 1.165) is 88.1 Å². The van der Waals surface area contributed by atoms with Crippen LogP contribution in [0.5, 0.6) is 11.6 Å². The van der Waals surface area contributed by atoms with Gasteiger partial charge in [-0.3, -0.25) is 23.9 Å². The van der Waals surface area contributed by atoms with E-state index < -0.39 is 61.5 Å². The number of sulfonamides is 1. The third-order valence-electron chi connectivity index (χ3n) is 15.4. The van der Waals surface area contributed by atoms with Gasteiger partial charge in [0.2, 0.25) is 27.7 Å².